The Morgan fingerprint density at radius 1 is 0.729 bits per heavy atom. The van der Waals surface area contributed by atoms with Crippen molar-refractivity contribution in [2.24, 2.45) is 10.8 Å². The van der Waals surface area contributed by atoms with Gasteiger partial charge in [0.2, 0.25) is 0 Å². The summed E-state index contributed by atoms with van der Waals surface area (Å²) in [6, 6.07) is 3.88. The molecular weight excluding hydrogens is 618 g/mol. The van der Waals surface area contributed by atoms with Gasteiger partial charge in [-0.15, -0.1) is 0 Å². The van der Waals surface area contributed by atoms with Gasteiger partial charge < -0.3 is 29.9 Å². The summed E-state index contributed by atoms with van der Waals surface area (Å²) in [5.41, 5.74) is 4.68. The van der Waals surface area contributed by atoms with Gasteiger partial charge in [-0.1, -0.05) is 13.8 Å². The summed E-state index contributed by atoms with van der Waals surface area (Å²) in [5, 5.41) is 5.64. The molecule has 260 valence electrons. The van der Waals surface area contributed by atoms with Crippen molar-refractivity contribution in [1.29, 1.82) is 0 Å². The molecule has 2 aromatic heterocycles. The lowest BCUT2D eigenvalue weighted by atomic mass is 10.1. The number of nitrogens with one attached hydrogen (secondary N) is 2. The highest BCUT2D eigenvalue weighted by Crippen LogP contribution is 2.49. The second-order valence-corrected chi connectivity index (χ2v) is 15.3. The van der Waals surface area contributed by atoms with Crippen LogP contribution in [0.3, 0.4) is 0 Å². The Morgan fingerprint density at radius 3 is 1.42 bits per heavy atom. The first-order valence-corrected chi connectivity index (χ1v) is 17.5. The molecule has 0 radical (unpaired) electrons. The lowest BCUT2D eigenvalue weighted by molar-refractivity contribution is 0.00754. The molecule has 4 fully saturated rings. The van der Waals surface area contributed by atoms with Gasteiger partial charge >= 0.3 is 0 Å². The highest BCUT2D eigenvalue weighted by atomic mass is 19.1. The molecule has 2 saturated carbocycles. The van der Waals surface area contributed by atoms with Crippen molar-refractivity contribution < 1.29 is 27.8 Å². The van der Waals surface area contributed by atoms with E-state index in [0.717, 1.165) is 86.0 Å². The van der Waals surface area contributed by atoms with Crippen LogP contribution in [0.4, 0.5) is 20.4 Å². The van der Waals surface area contributed by atoms with Crippen molar-refractivity contribution in [1.82, 2.24) is 20.6 Å². The van der Waals surface area contributed by atoms with Gasteiger partial charge in [-0.05, 0) is 75.6 Å². The Morgan fingerprint density at radius 2 is 1.08 bits per heavy atom. The number of rotatable bonds is 8. The van der Waals surface area contributed by atoms with Gasteiger partial charge in [0, 0.05) is 37.0 Å². The number of pyridine rings is 2. The summed E-state index contributed by atoms with van der Waals surface area (Å²) in [5.74, 6) is 1.89. The molecule has 2 N–H and O–H groups in total. The monoisotopic (exact) mass is 666 g/mol. The molecule has 4 atom stereocenters. The van der Waals surface area contributed by atoms with Gasteiger partial charge in [-0.3, -0.25) is 9.59 Å². The standard InChI is InChI=1S/2C18H24FN3O2/c2*1-11-7-13-14(9-20-17(13)23)21-16(11)22-5-3-12(4-6-22)24-10-18(2)8-15(18)19/h2*7,12,15H,3-6,8-10H2,1-2H3,(H,20,23)/t2*15-,18-/m10/s1. The number of aromatic nitrogens is 2. The number of hydrogen-bond acceptors (Lipinski definition) is 8. The topological polar surface area (TPSA) is 109 Å². The molecule has 8 rings (SSSR count). The minimum Gasteiger partial charge on any atom is -0.377 e. The third-order valence-electron chi connectivity index (χ3n) is 11.1. The molecular formula is C36H48F2N6O4. The minimum atomic E-state index is -0.688. The zero-order valence-corrected chi connectivity index (χ0v) is 28.5. The summed E-state index contributed by atoms with van der Waals surface area (Å²) in [7, 11) is 0. The van der Waals surface area contributed by atoms with E-state index in [0.29, 0.717) is 50.3 Å². The Bertz CT molecular complexity index is 1460. The maximum Gasteiger partial charge on any atom is 0.253 e. The van der Waals surface area contributed by atoms with E-state index in [4.69, 9.17) is 19.4 Å². The van der Waals surface area contributed by atoms with Crippen LogP contribution in [-0.4, -0.2) is 85.7 Å². The van der Waals surface area contributed by atoms with Crippen LogP contribution in [0.5, 0.6) is 0 Å². The molecule has 2 amide bonds. The first-order chi connectivity index (χ1) is 22.9. The third kappa shape index (κ3) is 6.75. The number of halogens is 2. The van der Waals surface area contributed by atoms with E-state index >= 15 is 0 Å². The van der Waals surface area contributed by atoms with E-state index in [1.807, 2.05) is 39.8 Å². The Hall–Kier alpha value is -3.38. The number of alkyl halides is 2. The number of carbonyl (C=O) groups is 2. The highest BCUT2D eigenvalue weighted by Gasteiger charge is 2.52. The number of anilines is 2. The van der Waals surface area contributed by atoms with Crippen LogP contribution < -0.4 is 20.4 Å². The zero-order valence-electron chi connectivity index (χ0n) is 28.5. The minimum absolute atomic E-state index is 0.0287. The number of ether oxygens (including phenoxy) is 2. The van der Waals surface area contributed by atoms with Crippen molar-refractivity contribution in [2.45, 2.75) is 104 Å². The van der Waals surface area contributed by atoms with Crippen molar-refractivity contribution in [3.05, 3.63) is 45.8 Å². The summed E-state index contributed by atoms with van der Waals surface area (Å²) in [6.45, 7) is 13.6. The number of piperidine rings is 2. The van der Waals surface area contributed by atoms with Crippen molar-refractivity contribution in [2.75, 3.05) is 49.2 Å². The third-order valence-corrected chi connectivity index (χ3v) is 11.1. The summed E-state index contributed by atoms with van der Waals surface area (Å²) >= 11 is 0. The van der Waals surface area contributed by atoms with Crippen LogP contribution in [0.15, 0.2) is 12.1 Å². The van der Waals surface area contributed by atoms with E-state index in [1.165, 1.54) is 0 Å². The van der Waals surface area contributed by atoms with Gasteiger partial charge in [0.25, 0.3) is 11.8 Å². The van der Waals surface area contributed by atoms with Crippen molar-refractivity contribution in [3.8, 4) is 0 Å². The number of hydrogen-bond donors (Lipinski definition) is 2. The van der Waals surface area contributed by atoms with Gasteiger partial charge in [-0.25, -0.2) is 18.7 Å². The van der Waals surface area contributed by atoms with Crippen LogP contribution in [0.2, 0.25) is 0 Å². The van der Waals surface area contributed by atoms with Crippen LogP contribution >= 0.6 is 0 Å². The van der Waals surface area contributed by atoms with E-state index in [2.05, 4.69) is 20.4 Å². The van der Waals surface area contributed by atoms with Gasteiger partial charge in [0.05, 0.1) is 61.0 Å². The molecule has 48 heavy (non-hydrogen) atoms. The molecule has 2 aromatic rings. The summed E-state index contributed by atoms with van der Waals surface area (Å²) < 4.78 is 38.4. The Kier molecular flexibility index (Phi) is 8.85. The molecule has 0 aromatic carbocycles. The maximum atomic E-state index is 13.3. The molecule has 0 unspecified atom stereocenters. The molecule has 2 saturated heterocycles. The zero-order chi connectivity index (χ0) is 33.8. The highest BCUT2D eigenvalue weighted by molar-refractivity contribution is 5.98. The summed E-state index contributed by atoms with van der Waals surface area (Å²) in [4.78, 5) is 37.4. The molecule has 6 heterocycles. The lowest BCUT2D eigenvalue weighted by Gasteiger charge is -2.34. The van der Waals surface area contributed by atoms with Crippen LogP contribution in [0.1, 0.15) is 95.6 Å². The van der Waals surface area contributed by atoms with E-state index in [9.17, 15) is 18.4 Å². The molecule has 4 aliphatic heterocycles. The second-order valence-electron chi connectivity index (χ2n) is 15.3. The smallest absolute Gasteiger partial charge is 0.253 e. The fraction of sp³-hybridized carbons (Fsp3) is 0.667. The average Bonchev–Trinajstić information content (AvgIpc) is 3.74. The van der Waals surface area contributed by atoms with Crippen LogP contribution in [0, 0.1) is 24.7 Å². The molecule has 0 spiro atoms. The number of nitrogens with zero attached hydrogens (tertiary/aromatic N) is 4. The number of aryl methyl sites for hydroxylation is 2. The number of carbonyl (C=O) groups excluding carboxylic acids is 2. The number of fused-ring (bicyclic) bond motifs is 2. The molecule has 10 nitrogen and oxygen atoms in total. The normalized spacial score (nSPS) is 29.5. The quantitative estimate of drug-likeness (QED) is 0.417. The van der Waals surface area contributed by atoms with E-state index < -0.39 is 12.3 Å². The first-order valence-electron chi connectivity index (χ1n) is 17.5. The van der Waals surface area contributed by atoms with Crippen LogP contribution in [0.25, 0.3) is 0 Å². The average molecular weight is 667 g/mol. The summed E-state index contributed by atoms with van der Waals surface area (Å²) in [6.07, 6.45) is 4.05. The Balaban J connectivity index is 0.000000152. The van der Waals surface area contributed by atoms with Gasteiger partial charge in [0.1, 0.15) is 24.0 Å². The molecule has 12 heteroatoms. The fourth-order valence-electron chi connectivity index (χ4n) is 7.19. The molecule has 2 aliphatic carbocycles. The first kappa shape index (κ1) is 33.1. The predicted octanol–water partition coefficient (Wildman–Crippen LogP) is 4.73. The lowest BCUT2D eigenvalue weighted by Crippen LogP contribution is -2.38. The van der Waals surface area contributed by atoms with E-state index in [-0.39, 0.29) is 34.9 Å². The molecule has 6 aliphatic rings. The van der Waals surface area contributed by atoms with Gasteiger partial charge in [-0.2, -0.15) is 0 Å². The largest absolute Gasteiger partial charge is 0.377 e. The fourth-order valence-corrected chi connectivity index (χ4v) is 7.19. The molecule has 0 bridgehead atoms. The SMILES string of the molecule is Cc1cc2c(nc1N1CCC(OC[C@@]3(C)C[C@H]3F)CC1)CNC2=O.Cc1cc2c(nc1N1CCC(OC[C@]3(C)C[C@@H]3F)CC1)CNC2=O. The number of amides is 2. The van der Waals surface area contributed by atoms with Crippen molar-refractivity contribution in [3.63, 3.8) is 0 Å². The van der Waals surface area contributed by atoms with Crippen molar-refractivity contribution >= 4 is 23.5 Å². The van der Waals surface area contributed by atoms with E-state index in [1.54, 1.807) is 0 Å². The van der Waals surface area contributed by atoms with Crippen LogP contribution in [-0.2, 0) is 22.6 Å². The predicted molar refractivity (Wildman–Crippen MR) is 178 cm³/mol. The maximum absolute atomic E-state index is 13.3. The van der Waals surface area contributed by atoms with Gasteiger partial charge in [0.15, 0.2) is 0 Å². The Labute approximate surface area is 281 Å². The second kappa shape index (κ2) is 12.8.